The molecular formula is C21H23N5O2. The van der Waals surface area contributed by atoms with Gasteiger partial charge in [0.1, 0.15) is 11.6 Å². The number of para-hydroxylation sites is 1. The normalized spacial score (nSPS) is 14.2. The summed E-state index contributed by atoms with van der Waals surface area (Å²) in [6.07, 6.45) is 5.97. The molecular weight excluding hydrogens is 354 g/mol. The molecule has 1 amide bonds. The quantitative estimate of drug-likeness (QED) is 0.713. The van der Waals surface area contributed by atoms with Crippen LogP contribution in [-0.2, 0) is 11.2 Å². The largest absolute Gasteiger partial charge is 0.357 e. The molecule has 0 atom stereocenters. The smallest absolute Gasteiger partial charge is 0.258 e. The molecule has 3 aromatic rings. The molecule has 0 bridgehead atoms. The molecule has 1 fully saturated rings. The zero-order chi connectivity index (χ0) is 19.3. The van der Waals surface area contributed by atoms with Crippen molar-refractivity contribution in [2.24, 2.45) is 0 Å². The molecule has 0 radical (unpaired) electrons. The number of aromatic nitrogens is 3. The number of carbonyl (C=O) groups excluding carboxylic acids is 1. The number of hydrogen-bond acceptors (Lipinski definition) is 5. The van der Waals surface area contributed by atoms with Crippen LogP contribution in [0.1, 0.15) is 31.5 Å². The second kappa shape index (κ2) is 8.21. The summed E-state index contributed by atoms with van der Waals surface area (Å²) < 4.78 is 0. The van der Waals surface area contributed by atoms with Crippen LogP contribution < -0.4 is 15.8 Å². The molecule has 7 nitrogen and oxygen atoms in total. The lowest BCUT2D eigenvalue weighted by atomic mass is 10.1. The SMILES string of the molecule is O=C(CCc1nc2ccccc2c(=O)[nH]1)Nc1ccc(N2CCCCC2)nc1. The third kappa shape index (κ3) is 4.19. The molecule has 7 heteroatoms. The Labute approximate surface area is 162 Å². The van der Waals surface area contributed by atoms with Crippen LogP contribution in [0.2, 0.25) is 0 Å². The van der Waals surface area contributed by atoms with Crippen molar-refractivity contribution >= 4 is 28.3 Å². The van der Waals surface area contributed by atoms with E-state index >= 15 is 0 Å². The number of fused-ring (bicyclic) bond motifs is 1. The van der Waals surface area contributed by atoms with Crippen LogP contribution in [-0.4, -0.2) is 33.9 Å². The van der Waals surface area contributed by atoms with Gasteiger partial charge < -0.3 is 15.2 Å². The van der Waals surface area contributed by atoms with Crippen LogP contribution >= 0.6 is 0 Å². The summed E-state index contributed by atoms with van der Waals surface area (Å²) in [4.78, 5) is 38.3. The topological polar surface area (TPSA) is 91.0 Å². The summed E-state index contributed by atoms with van der Waals surface area (Å²) in [7, 11) is 0. The van der Waals surface area contributed by atoms with Gasteiger partial charge in [0.15, 0.2) is 0 Å². The van der Waals surface area contributed by atoms with Crippen molar-refractivity contribution in [3.05, 3.63) is 58.8 Å². The van der Waals surface area contributed by atoms with Crippen LogP contribution in [0.25, 0.3) is 10.9 Å². The first-order chi connectivity index (χ1) is 13.7. The van der Waals surface area contributed by atoms with E-state index in [-0.39, 0.29) is 17.9 Å². The number of carbonyl (C=O) groups is 1. The van der Waals surface area contributed by atoms with E-state index in [0.29, 0.717) is 28.8 Å². The zero-order valence-corrected chi connectivity index (χ0v) is 15.6. The fourth-order valence-electron chi connectivity index (χ4n) is 3.48. The van der Waals surface area contributed by atoms with Crippen molar-refractivity contribution in [3.8, 4) is 0 Å². The van der Waals surface area contributed by atoms with Gasteiger partial charge in [0.05, 0.1) is 22.8 Å². The van der Waals surface area contributed by atoms with E-state index in [0.717, 1.165) is 18.9 Å². The number of H-pyrrole nitrogens is 1. The highest BCUT2D eigenvalue weighted by Gasteiger charge is 2.12. The van der Waals surface area contributed by atoms with Gasteiger partial charge in [-0.05, 0) is 43.5 Å². The zero-order valence-electron chi connectivity index (χ0n) is 15.6. The molecule has 28 heavy (non-hydrogen) atoms. The van der Waals surface area contributed by atoms with Crippen LogP contribution in [0.15, 0.2) is 47.4 Å². The number of benzene rings is 1. The average Bonchev–Trinajstić information content (AvgIpc) is 2.73. The van der Waals surface area contributed by atoms with Gasteiger partial charge in [0.2, 0.25) is 5.91 Å². The van der Waals surface area contributed by atoms with Crippen LogP contribution in [0.5, 0.6) is 0 Å². The minimum Gasteiger partial charge on any atom is -0.357 e. The van der Waals surface area contributed by atoms with Crippen molar-refractivity contribution in [2.75, 3.05) is 23.3 Å². The van der Waals surface area contributed by atoms with E-state index in [2.05, 4.69) is 25.2 Å². The summed E-state index contributed by atoms with van der Waals surface area (Å²) in [6.45, 7) is 2.07. The Morgan fingerprint density at radius 3 is 2.71 bits per heavy atom. The number of pyridine rings is 1. The Balaban J connectivity index is 1.35. The molecule has 2 N–H and O–H groups in total. The van der Waals surface area contributed by atoms with Gasteiger partial charge in [-0.25, -0.2) is 9.97 Å². The number of nitrogens with one attached hydrogen (secondary N) is 2. The van der Waals surface area contributed by atoms with Gasteiger partial charge in [-0.1, -0.05) is 12.1 Å². The maximum absolute atomic E-state index is 12.3. The van der Waals surface area contributed by atoms with Crippen molar-refractivity contribution in [2.45, 2.75) is 32.1 Å². The molecule has 0 unspecified atom stereocenters. The van der Waals surface area contributed by atoms with Crippen molar-refractivity contribution in [3.63, 3.8) is 0 Å². The van der Waals surface area contributed by atoms with Gasteiger partial charge in [-0.15, -0.1) is 0 Å². The second-order valence-corrected chi connectivity index (χ2v) is 7.03. The number of piperidine rings is 1. The van der Waals surface area contributed by atoms with Gasteiger partial charge in [0, 0.05) is 25.9 Å². The molecule has 144 valence electrons. The van der Waals surface area contributed by atoms with Crippen molar-refractivity contribution < 1.29 is 4.79 Å². The minimum absolute atomic E-state index is 0.136. The molecule has 1 aliphatic heterocycles. The number of anilines is 2. The molecule has 1 aromatic carbocycles. The molecule has 4 rings (SSSR count). The summed E-state index contributed by atoms with van der Waals surface area (Å²) >= 11 is 0. The Kier molecular flexibility index (Phi) is 5.32. The van der Waals surface area contributed by atoms with Crippen molar-refractivity contribution in [1.29, 1.82) is 0 Å². The third-order valence-corrected chi connectivity index (χ3v) is 4.96. The number of aryl methyl sites for hydroxylation is 1. The van der Waals surface area contributed by atoms with Crippen LogP contribution in [0, 0.1) is 0 Å². The summed E-state index contributed by atoms with van der Waals surface area (Å²) in [5.41, 5.74) is 1.13. The minimum atomic E-state index is -0.182. The van der Waals surface area contributed by atoms with Gasteiger partial charge in [0.25, 0.3) is 5.56 Å². The summed E-state index contributed by atoms with van der Waals surface area (Å²) in [5.74, 6) is 1.33. The second-order valence-electron chi connectivity index (χ2n) is 7.03. The fraction of sp³-hybridized carbons (Fsp3) is 0.333. The standard InChI is InChI=1S/C21H23N5O2/c27-20(11-9-18-24-17-7-3-2-6-16(17)21(28)25-18)23-15-8-10-19(22-14-15)26-12-4-1-5-13-26/h2-3,6-8,10,14H,1,4-5,9,11-13H2,(H,23,27)(H,24,25,28). The fourth-order valence-corrected chi connectivity index (χ4v) is 3.48. The molecule has 1 saturated heterocycles. The van der Waals surface area contributed by atoms with E-state index in [1.54, 1.807) is 24.4 Å². The molecule has 1 aliphatic rings. The monoisotopic (exact) mass is 377 g/mol. The van der Waals surface area contributed by atoms with Gasteiger partial charge in [-0.2, -0.15) is 0 Å². The average molecular weight is 377 g/mol. The van der Waals surface area contributed by atoms with E-state index in [9.17, 15) is 9.59 Å². The lowest BCUT2D eigenvalue weighted by molar-refractivity contribution is -0.116. The molecule has 0 aliphatic carbocycles. The lowest BCUT2D eigenvalue weighted by Gasteiger charge is -2.27. The van der Waals surface area contributed by atoms with Crippen LogP contribution in [0.3, 0.4) is 0 Å². The number of nitrogens with zero attached hydrogens (tertiary/aromatic N) is 3. The number of rotatable bonds is 5. The maximum atomic E-state index is 12.3. The Bertz CT molecular complexity index is 1020. The summed E-state index contributed by atoms with van der Waals surface area (Å²) in [6, 6.07) is 11.0. The highest BCUT2D eigenvalue weighted by atomic mass is 16.1. The number of amides is 1. The molecule has 0 saturated carbocycles. The first kappa shape index (κ1) is 18.2. The third-order valence-electron chi connectivity index (χ3n) is 4.96. The summed E-state index contributed by atoms with van der Waals surface area (Å²) in [5, 5.41) is 3.41. The van der Waals surface area contributed by atoms with E-state index in [1.807, 2.05) is 18.2 Å². The Hall–Kier alpha value is -3.22. The number of hydrogen-bond donors (Lipinski definition) is 2. The Morgan fingerprint density at radius 2 is 1.93 bits per heavy atom. The van der Waals surface area contributed by atoms with E-state index in [1.165, 1.54) is 19.3 Å². The molecule has 3 heterocycles. The van der Waals surface area contributed by atoms with Gasteiger partial charge >= 0.3 is 0 Å². The highest BCUT2D eigenvalue weighted by Crippen LogP contribution is 2.19. The lowest BCUT2D eigenvalue weighted by Crippen LogP contribution is -2.30. The highest BCUT2D eigenvalue weighted by molar-refractivity contribution is 5.90. The Morgan fingerprint density at radius 1 is 1.11 bits per heavy atom. The van der Waals surface area contributed by atoms with E-state index < -0.39 is 0 Å². The van der Waals surface area contributed by atoms with Crippen LogP contribution in [0.4, 0.5) is 11.5 Å². The van der Waals surface area contributed by atoms with E-state index in [4.69, 9.17) is 0 Å². The van der Waals surface area contributed by atoms with Gasteiger partial charge in [-0.3, -0.25) is 9.59 Å². The maximum Gasteiger partial charge on any atom is 0.258 e. The molecule has 2 aromatic heterocycles. The number of aromatic amines is 1. The predicted octanol–water partition coefficient (Wildman–Crippen LogP) is 2.88. The first-order valence-corrected chi connectivity index (χ1v) is 9.68. The first-order valence-electron chi connectivity index (χ1n) is 9.68. The van der Waals surface area contributed by atoms with Crippen molar-refractivity contribution in [1.82, 2.24) is 15.0 Å². The molecule has 0 spiro atoms. The predicted molar refractivity (Wildman–Crippen MR) is 110 cm³/mol.